The molecule has 0 aliphatic heterocycles. The van der Waals surface area contributed by atoms with E-state index in [0.29, 0.717) is 17.3 Å². The molecule has 0 spiro atoms. The number of sulfonamides is 1. The number of para-hydroxylation sites is 1. The third-order valence-corrected chi connectivity index (χ3v) is 3.39. The molecule has 2 heterocycles. The number of nitrogens with zero attached hydrogens (tertiary/aromatic N) is 4. The van der Waals surface area contributed by atoms with Crippen LogP contribution in [0.25, 0.3) is 10.9 Å². The van der Waals surface area contributed by atoms with Gasteiger partial charge in [-0.15, -0.1) is 0 Å². The van der Waals surface area contributed by atoms with E-state index in [4.69, 9.17) is 0 Å². The number of benzene rings is 1. The van der Waals surface area contributed by atoms with Crippen molar-refractivity contribution in [3.8, 4) is 0 Å². The highest BCUT2D eigenvalue weighted by molar-refractivity contribution is 7.89. The minimum Gasteiger partial charge on any atom is -0.324 e. The summed E-state index contributed by atoms with van der Waals surface area (Å²) in [6.07, 6.45) is 5.50. The Morgan fingerprint density at radius 3 is 2.83 bits per heavy atom. The van der Waals surface area contributed by atoms with Crippen molar-refractivity contribution in [1.82, 2.24) is 15.0 Å². The third-order valence-electron chi connectivity index (χ3n) is 2.90. The monoisotopic (exact) mass is 327 g/mol. The summed E-state index contributed by atoms with van der Waals surface area (Å²) in [6, 6.07) is 11.1. The Balaban J connectivity index is 1.85. The van der Waals surface area contributed by atoms with Crippen molar-refractivity contribution in [2.75, 3.05) is 11.6 Å². The van der Waals surface area contributed by atoms with Gasteiger partial charge in [0.05, 0.1) is 23.7 Å². The number of pyridine rings is 1. The summed E-state index contributed by atoms with van der Waals surface area (Å²) in [4.78, 5) is 12.7. The predicted molar refractivity (Wildman–Crippen MR) is 89.5 cm³/mol. The highest BCUT2D eigenvalue weighted by Gasteiger charge is 2.02. The maximum Gasteiger partial charge on any atom is 0.250 e. The Hall–Kier alpha value is -2.87. The second-order valence-electron chi connectivity index (χ2n) is 4.81. The summed E-state index contributed by atoms with van der Waals surface area (Å²) >= 11 is 0. The van der Waals surface area contributed by atoms with Gasteiger partial charge in [-0.2, -0.15) is 4.40 Å². The van der Waals surface area contributed by atoms with E-state index >= 15 is 0 Å². The van der Waals surface area contributed by atoms with Gasteiger partial charge in [0.25, 0.3) is 0 Å². The summed E-state index contributed by atoms with van der Waals surface area (Å²) in [6.45, 7) is 0. The van der Waals surface area contributed by atoms with Gasteiger partial charge in [-0.3, -0.25) is 4.98 Å². The van der Waals surface area contributed by atoms with Crippen LogP contribution in [-0.2, 0) is 10.0 Å². The molecule has 7 nitrogen and oxygen atoms in total. The molecular weight excluding hydrogens is 314 g/mol. The van der Waals surface area contributed by atoms with Crippen LogP contribution in [0.5, 0.6) is 0 Å². The fraction of sp³-hybridized carbons (Fsp3) is 0.0667. The van der Waals surface area contributed by atoms with E-state index in [0.717, 1.165) is 17.2 Å². The van der Waals surface area contributed by atoms with E-state index in [2.05, 4.69) is 24.7 Å². The van der Waals surface area contributed by atoms with Gasteiger partial charge in [-0.1, -0.05) is 18.2 Å². The molecule has 0 atom stereocenters. The van der Waals surface area contributed by atoms with E-state index in [-0.39, 0.29) is 0 Å². The zero-order valence-electron chi connectivity index (χ0n) is 12.2. The number of hydrogen-bond donors (Lipinski definition) is 1. The van der Waals surface area contributed by atoms with Gasteiger partial charge in [0.1, 0.15) is 0 Å². The molecule has 3 rings (SSSR count). The molecule has 0 saturated carbocycles. The lowest BCUT2D eigenvalue weighted by atomic mass is 10.2. The van der Waals surface area contributed by atoms with Gasteiger partial charge in [0.2, 0.25) is 16.0 Å². The number of aromatic nitrogens is 3. The van der Waals surface area contributed by atoms with Crippen LogP contribution in [0.15, 0.2) is 53.2 Å². The molecule has 1 N–H and O–H groups in total. The van der Waals surface area contributed by atoms with E-state index < -0.39 is 10.0 Å². The molecule has 0 radical (unpaired) electrons. The molecule has 0 saturated heterocycles. The summed E-state index contributed by atoms with van der Waals surface area (Å²) in [5.41, 5.74) is 1.93. The average molecular weight is 327 g/mol. The molecule has 23 heavy (non-hydrogen) atoms. The standard InChI is InChI=1S/C15H13N5O2S/c1-23(21,22)18-10-13-8-12(6-7-16-13)19-15-17-9-11-4-2-3-5-14(11)20-15/h2-10H,1H3,(H,16,17,19,20). The Morgan fingerprint density at radius 2 is 2.00 bits per heavy atom. The van der Waals surface area contributed by atoms with E-state index in [1.165, 1.54) is 6.21 Å². The summed E-state index contributed by atoms with van der Waals surface area (Å²) in [5.74, 6) is 0.445. The molecule has 116 valence electrons. The lowest BCUT2D eigenvalue weighted by molar-refractivity contribution is 0.604. The van der Waals surface area contributed by atoms with Crippen molar-refractivity contribution in [3.05, 3.63) is 54.5 Å². The first kappa shape index (κ1) is 15.0. The Labute approximate surface area is 133 Å². The van der Waals surface area contributed by atoms with Crippen LogP contribution in [0.2, 0.25) is 0 Å². The van der Waals surface area contributed by atoms with E-state index in [9.17, 15) is 8.42 Å². The second-order valence-corrected chi connectivity index (χ2v) is 6.49. The Kier molecular flexibility index (Phi) is 3.98. The van der Waals surface area contributed by atoms with E-state index in [1.54, 1.807) is 24.5 Å². The minimum atomic E-state index is -3.43. The second kappa shape index (κ2) is 6.09. The first-order valence-corrected chi connectivity index (χ1v) is 8.55. The summed E-state index contributed by atoms with van der Waals surface area (Å²) in [7, 11) is -3.43. The fourth-order valence-electron chi connectivity index (χ4n) is 1.91. The number of rotatable bonds is 4. The van der Waals surface area contributed by atoms with Crippen LogP contribution in [0.4, 0.5) is 11.6 Å². The minimum absolute atomic E-state index is 0.418. The lowest BCUT2D eigenvalue weighted by Gasteiger charge is -2.06. The molecule has 2 aromatic heterocycles. The molecule has 8 heteroatoms. The van der Waals surface area contributed by atoms with Crippen LogP contribution >= 0.6 is 0 Å². The molecule has 1 aromatic carbocycles. The SMILES string of the molecule is CS(=O)(=O)N=Cc1cc(Nc2ncc3ccccc3n2)ccn1. The number of nitrogens with one attached hydrogen (secondary N) is 1. The normalized spacial score (nSPS) is 11.9. The summed E-state index contributed by atoms with van der Waals surface area (Å²) in [5, 5.41) is 4.01. The largest absolute Gasteiger partial charge is 0.324 e. The van der Waals surface area contributed by atoms with Crippen molar-refractivity contribution in [2.24, 2.45) is 4.40 Å². The molecular formula is C15H13N5O2S. The van der Waals surface area contributed by atoms with Crippen LogP contribution in [0.3, 0.4) is 0 Å². The molecule has 3 aromatic rings. The zero-order chi connectivity index (χ0) is 16.3. The Bertz CT molecular complexity index is 986. The quantitative estimate of drug-likeness (QED) is 0.737. The van der Waals surface area contributed by atoms with Gasteiger partial charge in [-0.25, -0.2) is 18.4 Å². The van der Waals surface area contributed by atoms with Crippen LogP contribution in [0, 0.1) is 0 Å². The number of anilines is 2. The van der Waals surface area contributed by atoms with Crippen molar-refractivity contribution in [3.63, 3.8) is 0 Å². The van der Waals surface area contributed by atoms with Gasteiger partial charge in [-0.05, 0) is 18.2 Å². The molecule has 0 aliphatic carbocycles. The van der Waals surface area contributed by atoms with Gasteiger partial charge in [0, 0.05) is 23.5 Å². The zero-order valence-corrected chi connectivity index (χ0v) is 13.0. The first-order chi connectivity index (χ1) is 11.0. The van der Waals surface area contributed by atoms with E-state index in [1.807, 2.05) is 24.3 Å². The molecule has 0 amide bonds. The van der Waals surface area contributed by atoms with Crippen molar-refractivity contribution >= 4 is 38.8 Å². The molecule has 0 aliphatic rings. The molecule has 0 bridgehead atoms. The Morgan fingerprint density at radius 1 is 1.17 bits per heavy atom. The van der Waals surface area contributed by atoms with Gasteiger partial charge >= 0.3 is 0 Å². The fourth-order valence-corrected chi connectivity index (χ4v) is 2.21. The smallest absolute Gasteiger partial charge is 0.250 e. The number of fused-ring (bicyclic) bond motifs is 1. The first-order valence-electron chi connectivity index (χ1n) is 6.70. The molecule has 0 unspecified atom stereocenters. The van der Waals surface area contributed by atoms with Crippen molar-refractivity contribution in [2.45, 2.75) is 0 Å². The topological polar surface area (TPSA) is 97.2 Å². The van der Waals surface area contributed by atoms with Crippen LogP contribution in [0.1, 0.15) is 5.69 Å². The van der Waals surface area contributed by atoms with Crippen LogP contribution < -0.4 is 5.32 Å². The van der Waals surface area contributed by atoms with Crippen molar-refractivity contribution in [1.29, 1.82) is 0 Å². The predicted octanol–water partition coefficient (Wildman–Crippen LogP) is 2.15. The summed E-state index contributed by atoms with van der Waals surface area (Å²) < 4.78 is 25.5. The van der Waals surface area contributed by atoms with Gasteiger partial charge < -0.3 is 5.32 Å². The third kappa shape index (κ3) is 4.07. The maximum absolute atomic E-state index is 11.0. The highest BCUT2D eigenvalue weighted by atomic mass is 32.2. The van der Waals surface area contributed by atoms with Gasteiger partial charge in [0.15, 0.2) is 0 Å². The lowest BCUT2D eigenvalue weighted by Crippen LogP contribution is -1.99. The number of hydrogen-bond acceptors (Lipinski definition) is 6. The van der Waals surface area contributed by atoms with Crippen LogP contribution in [-0.4, -0.2) is 35.8 Å². The van der Waals surface area contributed by atoms with Crippen molar-refractivity contribution < 1.29 is 8.42 Å². The highest BCUT2D eigenvalue weighted by Crippen LogP contribution is 2.16. The average Bonchev–Trinajstić information content (AvgIpc) is 2.53. The molecule has 0 fully saturated rings. The maximum atomic E-state index is 11.0.